The molecule has 1 atom stereocenters. The minimum absolute atomic E-state index is 0.152. The molecule has 1 aliphatic rings. The number of hydrogen-bond acceptors (Lipinski definition) is 2. The fraction of sp³-hybridized carbons (Fsp3) is 0.400. The second kappa shape index (κ2) is 5.13. The van der Waals surface area contributed by atoms with Gasteiger partial charge >= 0.3 is 0 Å². The molecule has 0 radical (unpaired) electrons. The van der Waals surface area contributed by atoms with E-state index in [2.05, 4.69) is 9.88 Å². The molecule has 1 aromatic carbocycles. The van der Waals surface area contributed by atoms with Crippen LogP contribution in [0.1, 0.15) is 30.3 Å². The molecule has 1 aliphatic heterocycles. The summed E-state index contributed by atoms with van der Waals surface area (Å²) in [5.41, 5.74) is 1.08. The van der Waals surface area contributed by atoms with Gasteiger partial charge in [0, 0.05) is 25.5 Å². The summed E-state index contributed by atoms with van der Waals surface area (Å²) in [6.45, 7) is 1.87. The van der Waals surface area contributed by atoms with Crippen LogP contribution in [0.25, 0.3) is 0 Å². The summed E-state index contributed by atoms with van der Waals surface area (Å²) < 4.78 is 15.4. The first-order valence-electron chi connectivity index (χ1n) is 6.70. The summed E-state index contributed by atoms with van der Waals surface area (Å²) in [5.74, 6) is 0.907. The highest BCUT2D eigenvalue weighted by Gasteiger charge is 2.26. The van der Waals surface area contributed by atoms with Gasteiger partial charge in [0.1, 0.15) is 11.6 Å². The number of aromatic nitrogens is 2. The minimum Gasteiger partial charge on any atom is -0.337 e. The maximum atomic E-state index is 13.4. The topological polar surface area (TPSA) is 21.1 Å². The van der Waals surface area contributed by atoms with Crippen LogP contribution in [0.4, 0.5) is 4.39 Å². The lowest BCUT2D eigenvalue weighted by Gasteiger charge is -2.24. The SMILES string of the molecule is Cn1ccnc1CN1CCC[C@H]1c1cccc(F)c1. The van der Waals surface area contributed by atoms with Crippen molar-refractivity contribution < 1.29 is 4.39 Å². The lowest BCUT2D eigenvalue weighted by Crippen LogP contribution is -2.24. The fourth-order valence-electron chi connectivity index (χ4n) is 2.84. The van der Waals surface area contributed by atoms with Crippen LogP contribution in [0, 0.1) is 5.82 Å². The van der Waals surface area contributed by atoms with Crippen LogP contribution in [0.15, 0.2) is 36.7 Å². The first kappa shape index (κ1) is 12.4. The molecule has 1 aromatic heterocycles. The molecule has 19 heavy (non-hydrogen) atoms. The Bertz CT molecular complexity index is 564. The molecular weight excluding hydrogens is 241 g/mol. The van der Waals surface area contributed by atoms with E-state index in [0.717, 1.165) is 37.3 Å². The van der Waals surface area contributed by atoms with Gasteiger partial charge in [-0.05, 0) is 37.1 Å². The maximum absolute atomic E-state index is 13.4. The van der Waals surface area contributed by atoms with Crippen molar-refractivity contribution in [1.29, 1.82) is 0 Å². The van der Waals surface area contributed by atoms with Crippen molar-refractivity contribution in [3.8, 4) is 0 Å². The van der Waals surface area contributed by atoms with Gasteiger partial charge in [-0.15, -0.1) is 0 Å². The molecule has 0 aliphatic carbocycles. The quantitative estimate of drug-likeness (QED) is 0.845. The van der Waals surface area contributed by atoms with Crippen LogP contribution >= 0.6 is 0 Å². The number of aryl methyl sites for hydroxylation is 1. The first-order chi connectivity index (χ1) is 9.24. The summed E-state index contributed by atoms with van der Waals surface area (Å²) >= 11 is 0. The van der Waals surface area contributed by atoms with Crippen LogP contribution in [0.5, 0.6) is 0 Å². The monoisotopic (exact) mass is 259 g/mol. The molecule has 0 unspecified atom stereocenters. The van der Waals surface area contributed by atoms with Crippen LogP contribution in [-0.2, 0) is 13.6 Å². The average Bonchev–Trinajstić information content (AvgIpc) is 3.00. The third kappa shape index (κ3) is 2.54. The Morgan fingerprint density at radius 1 is 1.42 bits per heavy atom. The number of hydrogen-bond donors (Lipinski definition) is 0. The van der Waals surface area contributed by atoms with Gasteiger partial charge in [-0.2, -0.15) is 0 Å². The predicted octanol–water partition coefficient (Wildman–Crippen LogP) is 2.90. The van der Waals surface area contributed by atoms with Gasteiger partial charge in [0.05, 0.1) is 6.54 Å². The van der Waals surface area contributed by atoms with Gasteiger partial charge in [-0.25, -0.2) is 9.37 Å². The largest absolute Gasteiger partial charge is 0.337 e. The molecule has 3 rings (SSSR count). The fourth-order valence-corrected chi connectivity index (χ4v) is 2.84. The van der Waals surface area contributed by atoms with Gasteiger partial charge in [-0.3, -0.25) is 4.90 Å². The standard InChI is InChI=1S/C15H18FN3/c1-18-9-7-17-15(18)11-19-8-3-6-14(19)12-4-2-5-13(16)10-12/h2,4-5,7,9-10,14H,3,6,8,11H2,1H3/t14-/m0/s1. The van der Waals surface area contributed by atoms with Gasteiger partial charge < -0.3 is 4.57 Å². The third-order valence-corrected chi connectivity index (χ3v) is 3.86. The number of halogens is 1. The van der Waals surface area contributed by atoms with E-state index in [1.165, 1.54) is 6.07 Å². The van der Waals surface area contributed by atoms with Crippen molar-refractivity contribution in [2.24, 2.45) is 7.05 Å². The van der Waals surface area contributed by atoms with Crippen molar-refractivity contribution in [3.63, 3.8) is 0 Å². The zero-order valence-electron chi connectivity index (χ0n) is 11.1. The van der Waals surface area contributed by atoms with Crippen molar-refractivity contribution in [2.45, 2.75) is 25.4 Å². The normalized spacial score (nSPS) is 20.0. The molecule has 2 aromatic rings. The van der Waals surface area contributed by atoms with Crippen LogP contribution in [0.3, 0.4) is 0 Å². The van der Waals surface area contributed by atoms with Gasteiger partial charge in [0.2, 0.25) is 0 Å². The van der Waals surface area contributed by atoms with E-state index >= 15 is 0 Å². The van der Waals surface area contributed by atoms with Crippen molar-refractivity contribution >= 4 is 0 Å². The molecule has 0 N–H and O–H groups in total. The van der Waals surface area contributed by atoms with E-state index in [9.17, 15) is 4.39 Å². The van der Waals surface area contributed by atoms with Gasteiger partial charge in [0.25, 0.3) is 0 Å². The molecular formula is C15H18FN3. The Morgan fingerprint density at radius 2 is 2.32 bits per heavy atom. The Balaban J connectivity index is 1.80. The Morgan fingerprint density at radius 3 is 3.05 bits per heavy atom. The van der Waals surface area contributed by atoms with E-state index in [1.807, 2.05) is 30.1 Å². The molecule has 4 heteroatoms. The third-order valence-electron chi connectivity index (χ3n) is 3.86. The number of likely N-dealkylation sites (tertiary alicyclic amines) is 1. The van der Waals surface area contributed by atoms with E-state index in [1.54, 1.807) is 12.1 Å². The molecule has 2 heterocycles. The Labute approximate surface area is 112 Å². The summed E-state index contributed by atoms with van der Waals surface area (Å²) in [7, 11) is 2.01. The zero-order chi connectivity index (χ0) is 13.2. The molecule has 100 valence electrons. The van der Waals surface area contributed by atoms with Crippen LogP contribution < -0.4 is 0 Å². The van der Waals surface area contributed by atoms with Crippen molar-refractivity contribution in [3.05, 3.63) is 53.9 Å². The zero-order valence-corrected chi connectivity index (χ0v) is 11.1. The average molecular weight is 259 g/mol. The summed E-state index contributed by atoms with van der Waals surface area (Å²) in [6.07, 6.45) is 6.03. The molecule has 0 bridgehead atoms. The van der Waals surface area contributed by atoms with Crippen molar-refractivity contribution in [2.75, 3.05) is 6.54 Å². The minimum atomic E-state index is -0.152. The van der Waals surface area contributed by atoms with E-state index < -0.39 is 0 Å². The molecule has 0 spiro atoms. The number of nitrogens with zero attached hydrogens (tertiary/aromatic N) is 3. The Hall–Kier alpha value is -1.68. The van der Waals surface area contributed by atoms with E-state index in [4.69, 9.17) is 0 Å². The molecule has 0 saturated carbocycles. The molecule has 1 saturated heterocycles. The second-order valence-electron chi connectivity index (χ2n) is 5.14. The highest BCUT2D eigenvalue weighted by atomic mass is 19.1. The Kier molecular flexibility index (Phi) is 3.34. The molecule has 3 nitrogen and oxygen atoms in total. The van der Waals surface area contributed by atoms with Crippen LogP contribution in [-0.4, -0.2) is 21.0 Å². The van der Waals surface area contributed by atoms with Gasteiger partial charge in [-0.1, -0.05) is 12.1 Å². The van der Waals surface area contributed by atoms with E-state index in [-0.39, 0.29) is 5.82 Å². The van der Waals surface area contributed by atoms with E-state index in [0.29, 0.717) is 6.04 Å². The maximum Gasteiger partial charge on any atom is 0.123 e. The summed E-state index contributed by atoms with van der Waals surface area (Å²) in [4.78, 5) is 6.76. The summed E-state index contributed by atoms with van der Waals surface area (Å²) in [5, 5.41) is 0. The second-order valence-corrected chi connectivity index (χ2v) is 5.14. The highest BCUT2D eigenvalue weighted by Crippen LogP contribution is 2.33. The molecule has 1 fully saturated rings. The van der Waals surface area contributed by atoms with Crippen LogP contribution in [0.2, 0.25) is 0 Å². The number of imidazole rings is 1. The number of rotatable bonds is 3. The smallest absolute Gasteiger partial charge is 0.123 e. The highest BCUT2D eigenvalue weighted by molar-refractivity contribution is 5.21. The molecule has 0 amide bonds. The first-order valence-corrected chi connectivity index (χ1v) is 6.70. The predicted molar refractivity (Wildman–Crippen MR) is 72.0 cm³/mol. The number of benzene rings is 1. The summed E-state index contributed by atoms with van der Waals surface area (Å²) in [6, 6.07) is 7.28. The van der Waals surface area contributed by atoms with Gasteiger partial charge in [0.15, 0.2) is 0 Å². The lowest BCUT2D eigenvalue weighted by molar-refractivity contribution is 0.239. The lowest BCUT2D eigenvalue weighted by atomic mass is 10.0. The van der Waals surface area contributed by atoms with Crippen molar-refractivity contribution in [1.82, 2.24) is 14.5 Å².